The highest BCUT2D eigenvalue weighted by Crippen LogP contribution is 2.48. The van der Waals surface area contributed by atoms with Gasteiger partial charge < -0.3 is 19.5 Å². The summed E-state index contributed by atoms with van der Waals surface area (Å²) in [4.78, 5) is 28.6. The Morgan fingerprint density at radius 1 is 1.23 bits per heavy atom. The van der Waals surface area contributed by atoms with E-state index in [1.165, 1.54) is 0 Å². The minimum Gasteiger partial charge on any atom is -0.462 e. The average Bonchev–Trinajstić information content (AvgIpc) is 3.18. The van der Waals surface area contributed by atoms with Crippen LogP contribution >= 0.6 is 0 Å². The van der Waals surface area contributed by atoms with Gasteiger partial charge in [-0.2, -0.15) is 0 Å². The van der Waals surface area contributed by atoms with Crippen molar-refractivity contribution in [1.29, 1.82) is 0 Å². The summed E-state index contributed by atoms with van der Waals surface area (Å²) in [7, 11) is 3.36. The maximum absolute atomic E-state index is 12.9. The molecule has 6 heteroatoms. The molecule has 0 spiro atoms. The second-order valence-corrected chi connectivity index (χ2v) is 7.17. The quantitative estimate of drug-likeness (QED) is 0.918. The van der Waals surface area contributed by atoms with Crippen LogP contribution in [0.5, 0.6) is 0 Å². The Morgan fingerprint density at radius 3 is 2.62 bits per heavy atom. The molecular weight excluding hydrogens is 330 g/mol. The first kappa shape index (κ1) is 16.7. The third-order valence-corrected chi connectivity index (χ3v) is 5.40. The highest BCUT2D eigenvalue weighted by atomic mass is 16.3. The van der Waals surface area contributed by atoms with Gasteiger partial charge in [-0.3, -0.25) is 9.59 Å². The van der Waals surface area contributed by atoms with E-state index < -0.39 is 6.17 Å². The average molecular weight is 353 g/mol. The molecule has 0 unspecified atom stereocenters. The number of nitrogens with zero attached hydrogens (tertiary/aromatic N) is 2. The van der Waals surface area contributed by atoms with Crippen molar-refractivity contribution in [2.24, 2.45) is 5.92 Å². The molecule has 1 aliphatic carbocycles. The fourth-order valence-corrected chi connectivity index (χ4v) is 3.72. The summed E-state index contributed by atoms with van der Waals surface area (Å²) in [6, 6.07) is 11.3. The number of fused-ring (bicyclic) bond motifs is 1. The largest absolute Gasteiger partial charge is 0.462 e. The van der Waals surface area contributed by atoms with Crippen LogP contribution in [0.2, 0.25) is 0 Å². The lowest BCUT2D eigenvalue weighted by Crippen LogP contribution is -2.50. The summed E-state index contributed by atoms with van der Waals surface area (Å²) in [6.45, 7) is 2.35. The van der Waals surface area contributed by atoms with Gasteiger partial charge in [0, 0.05) is 20.0 Å². The van der Waals surface area contributed by atoms with Gasteiger partial charge in [0.1, 0.15) is 11.5 Å². The van der Waals surface area contributed by atoms with Gasteiger partial charge in [0.15, 0.2) is 6.17 Å². The number of rotatable bonds is 4. The molecule has 1 N–H and O–H groups in total. The topological polar surface area (TPSA) is 65.8 Å². The monoisotopic (exact) mass is 353 g/mol. The lowest BCUT2D eigenvalue weighted by molar-refractivity contribution is -0.119. The fourth-order valence-electron chi connectivity index (χ4n) is 3.72. The highest BCUT2D eigenvalue weighted by molar-refractivity contribution is 6.02. The zero-order valence-electron chi connectivity index (χ0n) is 15.2. The zero-order valence-corrected chi connectivity index (χ0v) is 15.2. The molecule has 0 bridgehead atoms. The molecule has 2 heterocycles. The van der Waals surface area contributed by atoms with Crippen LogP contribution in [0.15, 0.2) is 40.8 Å². The van der Waals surface area contributed by atoms with E-state index >= 15 is 0 Å². The molecule has 1 aromatic carbocycles. The molecule has 3 atom stereocenters. The van der Waals surface area contributed by atoms with Crippen molar-refractivity contribution in [1.82, 2.24) is 10.2 Å². The number of carbonyl (C=O) groups excluding carboxylic acids is 2. The predicted molar refractivity (Wildman–Crippen MR) is 97.9 cm³/mol. The van der Waals surface area contributed by atoms with Gasteiger partial charge in [-0.25, -0.2) is 0 Å². The SMILES string of the molecule is CNC(=O)CN1c2ccccc2C(=O)N(C)[C@@H]1c1ccc([C@@H]2C[C@@H]2C)o1. The number of likely N-dealkylation sites (N-methyl/N-ethyl adjacent to an activating group) is 1. The standard InChI is InChI=1S/C20H23N3O3/c1-12-10-14(12)16-8-9-17(26-16)19-22(3)20(25)13-6-4-5-7-15(13)23(19)11-18(24)21-2/h4-9,12,14,19H,10-11H2,1-3H3,(H,21,24)/t12-,14+,19-/m0/s1. The first-order chi connectivity index (χ1) is 12.5. The zero-order chi connectivity index (χ0) is 18.4. The van der Waals surface area contributed by atoms with Crippen LogP contribution in [0, 0.1) is 5.92 Å². The lowest BCUT2D eigenvalue weighted by atomic mass is 10.0. The Bertz CT molecular complexity index is 859. The van der Waals surface area contributed by atoms with Crippen molar-refractivity contribution >= 4 is 17.5 Å². The molecule has 1 fully saturated rings. The molecule has 26 heavy (non-hydrogen) atoms. The van der Waals surface area contributed by atoms with Crippen LogP contribution in [0.25, 0.3) is 0 Å². The Labute approximate surface area is 152 Å². The molecule has 136 valence electrons. The van der Waals surface area contributed by atoms with Gasteiger partial charge in [0.05, 0.1) is 17.8 Å². The van der Waals surface area contributed by atoms with Crippen molar-refractivity contribution in [2.75, 3.05) is 25.5 Å². The molecule has 2 aromatic rings. The molecule has 0 radical (unpaired) electrons. The maximum Gasteiger partial charge on any atom is 0.257 e. The minimum absolute atomic E-state index is 0.0727. The van der Waals surface area contributed by atoms with Crippen LogP contribution in [0.4, 0.5) is 5.69 Å². The van der Waals surface area contributed by atoms with E-state index in [4.69, 9.17) is 4.42 Å². The van der Waals surface area contributed by atoms with Gasteiger partial charge in [-0.1, -0.05) is 19.1 Å². The summed E-state index contributed by atoms with van der Waals surface area (Å²) in [5.41, 5.74) is 1.35. The molecule has 6 nitrogen and oxygen atoms in total. The highest BCUT2D eigenvalue weighted by Gasteiger charge is 2.41. The maximum atomic E-state index is 12.9. The Hall–Kier alpha value is -2.76. The summed E-state index contributed by atoms with van der Waals surface area (Å²) >= 11 is 0. The molecular formula is C20H23N3O3. The lowest BCUT2D eigenvalue weighted by Gasteiger charge is -2.42. The number of amides is 2. The third-order valence-electron chi connectivity index (χ3n) is 5.40. The number of furan rings is 1. The number of para-hydroxylation sites is 1. The first-order valence-electron chi connectivity index (χ1n) is 8.94. The van der Waals surface area contributed by atoms with E-state index in [0.717, 1.165) is 17.9 Å². The third kappa shape index (κ3) is 2.66. The van der Waals surface area contributed by atoms with Crippen LogP contribution in [0.3, 0.4) is 0 Å². The van der Waals surface area contributed by atoms with E-state index in [1.54, 1.807) is 25.1 Å². The summed E-state index contributed by atoms with van der Waals surface area (Å²) in [5, 5.41) is 2.67. The smallest absolute Gasteiger partial charge is 0.257 e. The van der Waals surface area contributed by atoms with Crippen molar-refractivity contribution < 1.29 is 14.0 Å². The molecule has 4 rings (SSSR count). The predicted octanol–water partition coefficient (Wildman–Crippen LogP) is 2.74. The molecule has 0 saturated heterocycles. The molecule has 2 amide bonds. The molecule has 2 aliphatic rings. The second kappa shape index (κ2) is 6.20. The number of nitrogens with one attached hydrogen (secondary N) is 1. The molecule has 1 aliphatic heterocycles. The number of carbonyl (C=O) groups is 2. The first-order valence-corrected chi connectivity index (χ1v) is 8.94. The van der Waals surface area contributed by atoms with Crippen LogP contribution in [0.1, 0.15) is 47.3 Å². The fraction of sp³-hybridized carbons (Fsp3) is 0.400. The van der Waals surface area contributed by atoms with Crippen LogP contribution in [-0.2, 0) is 4.79 Å². The molecule has 1 aromatic heterocycles. The Kier molecular flexibility index (Phi) is 3.98. The van der Waals surface area contributed by atoms with E-state index in [2.05, 4.69) is 12.2 Å². The van der Waals surface area contributed by atoms with E-state index in [9.17, 15) is 9.59 Å². The van der Waals surface area contributed by atoms with Gasteiger partial charge in [-0.15, -0.1) is 0 Å². The van der Waals surface area contributed by atoms with Gasteiger partial charge in [0.2, 0.25) is 5.91 Å². The Balaban J connectivity index is 1.76. The van der Waals surface area contributed by atoms with Crippen LogP contribution in [-0.4, -0.2) is 37.4 Å². The van der Waals surface area contributed by atoms with Crippen molar-refractivity contribution in [3.63, 3.8) is 0 Å². The number of anilines is 1. The Morgan fingerprint density at radius 2 is 1.92 bits per heavy atom. The normalized spacial score (nSPS) is 24.4. The van der Waals surface area contributed by atoms with Crippen molar-refractivity contribution in [3.8, 4) is 0 Å². The number of hydrogen-bond acceptors (Lipinski definition) is 4. The van der Waals surface area contributed by atoms with Crippen molar-refractivity contribution in [3.05, 3.63) is 53.5 Å². The van der Waals surface area contributed by atoms with E-state index in [0.29, 0.717) is 23.2 Å². The minimum atomic E-state index is -0.447. The van der Waals surface area contributed by atoms with E-state index in [1.807, 2.05) is 35.2 Å². The van der Waals surface area contributed by atoms with Gasteiger partial charge >= 0.3 is 0 Å². The van der Waals surface area contributed by atoms with Crippen molar-refractivity contribution in [2.45, 2.75) is 25.4 Å². The van der Waals surface area contributed by atoms with Gasteiger partial charge in [0.25, 0.3) is 5.91 Å². The molecule has 1 saturated carbocycles. The van der Waals surface area contributed by atoms with E-state index in [-0.39, 0.29) is 18.4 Å². The summed E-state index contributed by atoms with van der Waals surface area (Å²) < 4.78 is 6.13. The summed E-state index contributed by atoms with van der Waals surface area (Å²) in [5.74, 6) is 2.57. The number of hydrogen-bond donors (Lipinski definition) is 1. The summed E-state index contributed by atoms with van der Waals surface area (Å²) in [6.07, 6.45) is 0.689. The second-order valence-electron chi connectivity index (χ2n) is 7.17. The number of benzene rings is 1. The van der Waals surface area contributed by atoms with Crippen LogP contribution < -0.4 is 10.2 Å². The van der Waals surface area contributed by atoms with Gasteiger partial charge in [-0.05, 0) is 36.6 Å².